The zero-order valence-electron chi connectivity index (χ0n) is 10.3. The minimum atomic E-state index is -0.0822. The second-order valence-electron chi connectivity index (χ2n) is 5.43. The molecule has 1 unspecified atom stereocenters. The van der Waals surface area contributed by atoms with E-state index in [0.29, 0.717) is 13.4 Å². The molecule has 2 fully saturated rings. The molecule has 0 aromatic heterocycles. The third-order valence-electron chi connectivity index (χ3n) is 2.93. The van der Waals surface area contributed by atoms with Crippen molar-refractivity contribution in [1.82, 2.24) is 5.32 Å². The number of rotatable bonds is 6. The van der Waals surface area contributed by atoms with Crippen LogP contribution in [0.3, 0.4) is 0 Å². The molecule has 1 saturated carbocycles. The van der Waals surface area contributed by atoms with Crippen LogP contribution in [0.15, 0.2) is 0 Å². The molecule has 1 aliphatic carbocycles. The molecule has 0 amide bonds. The summed E-state index contributed by atoms with van der Waals surface area (Å²) in [5, 5.41) is 3.35. The van der Waals surface area contributed by atoms with Crippen molar-refractivity contribution in [2.24, 2.45) is 5.92 Å². The maximum Gasteiger partial charge on any atom is 0.146 e. The predicted molar refractivity (Wildman–Crippen MR) is 61.3 cm³/mol. The van der Waals surface area contributed by atoms with Crippen LogP contribution in [-0.2, 0) is 14.2 Å². The van der Waals surface area contributed by atoms with E-state index in [1.807, 2.05) is 0 Å². The molecule has 16 heavy (non-hydrogen) atoms. The summed E-state index contributed by atoms with van der Waals surface area (Å²) in [6.45, 7) is 7.83. The van der Waals surface area contributed by atoms with E-state index in [2.05, 4.69) is 19.2 Å². The summed E-state index contributed by atoms with van der Waals surface area (Å²) in [6.07, 6.45) is 2.79. The Hall–Kier alpha value is -0.160. The topological polar surface area (TPSA) is 39.7 Å². The fourth-order valence-corrected chi connectivity index (χ4v) is 1.90. The Labute approximate surface area is 97.6 Å². The Bertz CT molecular complexity index is 216. The first-order chi connectivity index (χ1) is 7.66. The Balaban J connectivity index is 1.51. The van der Waals surface area contributed by atoms with Crippen LogP contribution in [0.4, 0.5) is 0 Å². The smallest absolute Gasteiger partial charge is 0.146 e. The zero-order valence-corrected chi connectivity index (χ0v) is 10.3. The summed E-state index contributed by atoms with van der Waals surface area (Å²) in [6, 6.07) is 0. The highest BCUT2D eigenvalue weighted by atomic mass is 16.7. The molecule has 94 valence electrons. The van der Waals surface area contributed by atoms with Crippen molar-refractivity contribution in [3.8, 4) is 0 Å². The van der Waals surface area contributed by atoms with Crippen LogP contribution in [0.5, 0.6) is 0 Å². The van der Waals surface area contributed by atoms with Gasteiger partial charge in [-0.3, -0.25) is 0 Å². The van der Waals surface area contributed by atoms with Crippen LogP contribution < -0.4 is 5.32 Å². The molecule has 0 spiro atoms. The van der Waals surface area contributed by atoms with Gasteiger partial charge < -0.3 is 19.5 Å². The second-order valence-corrected chi connectivity index (χ2v) is 5.43. The van der Waals surface area contributed by atoms with Crippen molar-refractivity contribution >= 4 is 0 Å². The van der Waals surface area contributed by atoms with Gasteiger partial charge >= 0.3 is 0 Å². The van der Waals surface area contributed by atoms with Crippen molar-refractivity contribution in [2.75, 3.05) is 33.1 Å². The van der Waals surface area contributed by atoms with Gasteiger partial charge in [0.2, 0.25) is 0 Å². The SMILES string of the molecule is CC1(C)CNCC(COCOCC2CC2)O1. The van der Waals surface area contributed by atoms with Gasteiger partial charge in [-0.15, -0.1) is 0 Å². The van der Waals surface area contributed by atoms with Crippen molar-refractivity contribution in [1.29, 1.82) is 0 Å². The normalized spacial score (nSPS) is 29.2. The molecular formula is C12H23NO3. The Kier molecular flexibility index (Phi) is 4.19. The summed E-state index contributed by atoms with van der Waals surface area (Å²) in [7, 11) is 0. The Morgan fingerprint density at radius 3 is 2.69 bits per heavy atom. The first-order valence-corrected chi connectivity index (χ1v) is 6.20. The summed E-state index contributed by atoms with van der Waals surface area (Å²) in [5.74, 6) is 0.801. The Morgan fingerprint density at radius 2 is 2.00 bits per heavy atom. The third kappa shape index (κ3) is 4.37. The average Bonchev–Trinajstić information content (AvgIpc) is 2.99. The van der Waals surface area contributed by atoms with Crippen molar-refractivity contribution < 1.29 is 14.2 Å². The highest BCUT2D eigenvalue weighted by Gasteiger charge is 2.28. The summed E-state index contributed by atoms with van der Waals surface area (Å²) in [5.41, 5.74) is -0.0822. The number of ether oxygens (including phenoxy) is 3. The molecule has 2 rings (SSSR count). The van der Waals surface area contributed by atoms with Gasteiger partial charge in [0, 0.05) is 13.1 Å². The van der Waals surface area contributed by atoms with E-state index in [-0.39, 0.29) is 11.7 Å². The second kappa shape index (κ2) is 5.45. The van der Waals surface area contributed by atoms with Gasteiger partial charge in [0.25, 0.3) is 0 Å². The maximum absolute atomic E-state index is 5.87. The lowest BCUT2D eigenvalue weighted by Crippen LogP contribution is -2.51. The summed E-state index contributed by atoms with van der Waals surface area (Å²) >= 11 is 0. The van der Waals surface area contributed by atoms with E-state index in [1.165, 1.54) is 12.8 Å². The van der Waals surface area contributed by atoms with Gasteiger partial charge in [-0.05, 0) is 32.6 Å². The van der Waals surface area contributed by atoms with Gasteiger partial charge in [0.1, 0.15) is 6.79 Å². The zero-order chi connectivity index (χ0) is 11.4. The summed E-state index contributed by atoms with van der Waals surface area (Å²) < 4.78 is 16.7. The lowest BCUT2D eigenvalue weighted by molar-refractivity contribution is -0.144. The lowest BCUT2D eigenvalue weighted by atomic mass is 10.1. The van der Waals surface area contributed by atoms with Crippen LogP contribution in [0.1, 0.15) is 26.7 Å². The summed E-state index contributed by atoms with van der Waals surface area (Å²) in [4.78, 5) is 0. The molecule has 0 bridgehead atoms. The van der Waals surface area contributed by atoms with E-state index in [0.717, 1.165) is 25.6 Å². The van der Waals surface area contributed by atoms with Gasteiger partial charge in [-0.25, -0.2) is 0 Å². The molecule has 4 heteroatoms. The molecule has 4 nitrogen and oxygen atoms in total. The highest BCUT2D eigenvalue weighted by Crippen LogP contribution is 2.28. The molecule has 1 saturated heterocycles. The molecule has 1 heterocycles. The Morgan fingerprint density at radius 1 is 1.25 bits per heavy atom. The standard InChI is InChI=1S/C12H23NO3/c1-12(2)8-13-5-11(16-12)7-15-9-14-6-10-3-4-10/h10-11,13H,3-9H2,1-2H3. The monoisotopic (exact) mass is 229 g/mol. The van der Waals surface area contributed by atoms with Crippen molar-refractivity contribution in [2.45, 2.75) is 38.4 Å². The fourth-order valence-electron chi connectivity index (χ4n) is 1.90. The first kappa shape index (κ1) is 12.3. The molecule has 2 aliphatic rings. The van der Waals surface area contributed by atoms with Crippen molar-refractivity contribution in [3.05, 3.63) is 0 Å². The number of nitrogens with one attached hydrogen (secondary N) is 1. The van der Waals surface area contributed by atoms with Crippen LogP contribution >= 0.6 is 0 Å². The number of morpholine rings is 1. The molecule has 0 radical (unpaired) electrons. The quantitative estimate of drug-likeness (QED) is 0.548. The molecular weight excluding hydrogens is 206 g/mol. The molecule has 1 aliphatic heterocycles. The maximum atomic E-state index is 5.87. The van der Waals surface area contributed by atoms with E-state index >= 15 is 0 Å². The molecule has 0 aromatic rings. The van der Waals surface area contributed by atoms with Gasteiger partial charge in [-0.2, -0.15) is 0 Å². The first-order valence-electron chi connectivity index (χ1n) is 6.20. The molecule has 0 aromatic carbocycles. The van der Waals surface area contributed by atoms with E-state index in [9.17, 15) is 0 Å². The van der Waals surface area contributed by atoms with Crippen LogP contribution in [-0.4, -0.2) is 44.8 Å². The van der Waals surface area contributed by atoms with Gasteiger partial charge in [0.05, 0.1) is 24.9 Å². The van der Waals surface area contributed by atoms with Gasteiger partial charge in [0.15, 0.2) is 0 Å². The number of hydrogen-bond acceptors (Lipinski definition) is 4. The third-order valence-corrected chi connectivity index (χ3v) is 2.93. The lowest BCUT2D eigenvalue weighted by Gasteiger charge is -2.36. The largest absolute Gasteiger partial charge is 0.367 e. The molecule has 1 N–H and O–H groups in total. The van der Waals surface area contributed by atoms with Crippen LogP contribution in [0.2, 0.25) is 0 Å². The van der Waals surface area contributed by atoms with E-state index in [4.69, 9.17) is 14.2 Å². The van der Waals surface area contributed by atoms with Crippen LogP contribution in [0, 0.1) is 5.92 Å². The highest BCUT2D eigenvalue weighted by molar-refractivity contribution is 4.81. The van der Waals surface area contributed by atoms with Crippen LogP contribution in [0.25, 0.3) is 0 Å². The minimum absolute atomic E-state index is 0.0822. The van der Waals surface area contributed by atoms with Gasteiger partial charge in [-0.1, -0.05) is 0 Å². The predicted octanol–water partition coefficient (Wildman–Crippen LogP) is 1.15. The number of hydrogen-bond donors (Lipinski definition) is 1. The van der Waals surface area contributed by atoms with Crippen molar-refractivity contribution in [3.63, 3.8) is 0 Å². The fraction of sp³-hybridized carbons (Fsp3) is 1.00. The minimum Gasteiger partial charge on any atom is -0.367 e. The van der Waals surface area contributed by atoms with E-state index < -0.39 is 0 Å². The average molecular weight is 229 g/mol. The molecule has 1 atom stereocenters. The van der Waals surface area contributed by atoms with E-state index in [1.54, 1.807) is 0 Å².